The summed E-state index contributed by atoms with van der Waals surface area (Å²) in [7, 11) is 2.11. The summed E-state index contributed by atoms with van der Waals surface area (Å²) >= 11 is 1.31. The molecule has 0 amide bonds. The molecule has 0 spiro atoms. The third kappa shape index (κ3) is 7.62. The Morgan fingerprint density at radius 2 is 2.10 bits per heavy atom. The van der Waals surface area contributed by atoms with Crippen molar-refractivity contribution in [1.29, 1.82) is 0 Å². The number of rotatable bonds is 7. The summed E-state index contributed by atoms with van der Waals surface area (Å²) in [4.78, 5) is 22.1. The molecule has 0 saturated carbocycles. The Kier molecular flexibility index (Phi) is 9.52. The van der Waals surface area contributed by atoms with Gasteiger partial charge < -0.3 is 25.3 Å². The van der Waals surface area contributed by atoms with Crippen molar-refractivity contribution in [2.75, 3.05) is 38.5 Å². The molecule has 9 nitrogen and oxygen atoms in total. The molecule has 1 saturated heterocycles. The van der Waals surface area contributed by atoms with Crippen molar-refractivity contribution in [3.8, 4) is 0 Å². The maximum absolute atomic E-state index is 9.91. The Morgan fingerprint density at radius 1 is 1.37 bits per heavy atom. The second kappa shape index (κ2) is 12.1. The van der Waals surface area contributed by atoms with E-state index in [4.69, 9.17) is 0 Å². The topological polar surface area (TPSA) is 109 Å². The molecule has 3 N–H and O–H groups in total. The summed E-state index contributed by atoms with van der Waals surface area (Å²) in [6, 6.07) is 1.60. The first-order valence-corrected chi connectivity index (χ1v) is 10.4. The molecular weight excluding hydrogens is 402 g/mol. The second-order valence-electron chi connectivity index (χ2n) is 6.57. The molecule has 2 rings (SSSR count). The number of anilines is 1. The second-order valence-corrected chi connectivity index (χ2v) is 7.40. The average molecular weight is 432 g/mol. The first-order valence-electron chi connectivity index (χ1n) is 9.56. The fourth-order valence-corrected chi connectivity index (χ4v) is 3.13. The van der Waals surface area contributed by atoms with Crippen LogP contribution in [0.15, 0.2) is 63.0 Å². The lowest BCUT2D eigenvalue weighted by Crippen LogP contribution is -2.46. The predicted molar refractivity (Wildman–Crippen MR) is 123 cm³/mol. The Labute approximate surface area is 181 Å². The Hall–Kier alpha value is -2.69. The van der Waals surface area contributed by atoms with Crippen LogP contribution in [0.1, 0.15) is 13.8 Å². The largest absolute Gasteiger partial charge is 0.508 e. The van der Waals surface area contributed by atoms with Gasteiger partial charge in [-0.3, -0.25) is 0 Å². The van der Waals surface area contributed by atoms with Gasteiger partial charge >= 0.3 is 0 Å². The van der Waals surface area contributed by atoms with E-state index in [2.05, 4.69) is 48.7 Å². The summed E-state index contributed by atoms with van der Waals surface area (Å²) in [5.74, 6) is 0.826. The van der Waals surface area contributed by atoms with Gasteiger partial charge in [-0.05, 0) is 33.0 Å². The van der Waals surface area contributed by atoms with Crippen LogP contribution in [-0.2, 0) is 0 Å². The number of aliphatic hydroxyl groups is 2. The zero-order valence-electron chi connectivity index (χ0n) is 17.6. The van der Waals surface area contributed by atoms with E-state index >= 15 is 0 Å². The maximum Gasteiger partial charge on any atom is 0.225 e. The van der Waals surface area contributed by atoms with Crippen molar-refractivity contribution >= 4 is 29.8 Å². The van der Waals surface area contributed by atoms with Gasteiger partial charge in [0.05, 0.1) is 0 Å². The minimum absolute atomic E-state index is 0.254. The number of aliphatic imine (C=N–C) groups is 2. The van der Waals surface area contributed by atoms with Crippen LogP contribution >= 0.6 is 11.8 Å². The van der Waals surface area contributed by atoms with E-state index in [1.165, 1.54) is 23.9 Å². The molecular formula is C20H29N7O2S. The minimum atomic E-state index is -1.28. The van der Waals surface area contributed by atoms with Crippen molar-refractivity contribution in [2.45, 2.75) is 25.2 Å². The number of hydrogen-bond acceptors (Lipinski definition) is 8. The zero-order valence-corrected chi connectivity index (χ0v) is 18.4. The fourth-order valence-electron chi connectivity index (χ4n) is 2.53. The molecule has 0 radical (unpaired) electrons. The molecule has 0 bridgehead atoms. The normalized spacial score (nSPS) is 18.0. The number of nitrogens with zero attached hydrogens (tertiary/aromatic N) is 6. The van der Waals surface area contributed by atoms with Gasteiger partial charge in [-0.25, -0.2) is 20.0 Å². The van der Waals surface area contributed by atoms with Crippen molar-refractivity contribution < 1.29 is 10.2 Å². The molecule has 10 heteroatoms. The van der Waals surface area contributed by atoms with E-state index in [1.54, 1.807) is 18.5 Å². The number of aliphatic hydroxyl groups excluding tert-OH is 2. The number of hydrogen-bond donors (Lipinski definition) is 3. The SMILES string of the molecule is C=C/C=C(\O)C(O)Nc1ccnc(S/C=C(C)/N=C(\N=C\C)N2CCN(C)CC2)n1. The Balaban J connectivity index is 2.05. The van der Waals surface area contributed by atoms with Gasteiger partial charge in [-0.1, -0.05) is 24.4 Å². The van der Waals surface area contributed by atoms with Crippen LogP contribution in [-0.4, -0.2) is 81.6 Å². The standard InChI is InChI=1S/C20H29N7O2S/c1-5-7-16(28)18(29)24-17-8-9-22-20(25-17)30-14-15(3)23-19(21-6-2)27-12-10-26(4)11-13-27/h5-9,14,18,28-29H,1,10-13H2,2-4H3,(H,22,24,25)/b15-14+,16-7-,21-6+,23-19+. The predicted octanol–water partition coefficient (Wildman–Crippen LogP) is 2.48. The molecule has 30 heavy (non-hydrogen) atoms. The van der Waals surface area contributed by atoms with Crippen LogP contribution in [0.25, 0.3) is 0 Å². The molecule has 0 aromatic carbocycles. The molecule has 1 unspecified atom stereocenters. The number of allylic oxidation sites excluding steroid dienone is 3. The lowest BCUT2D eigenvalue weighted by molar-refractivity contribution is 0.176. The lowest BCUT2D eigenvalue weighted by Gasteiger charge is -2.33. The van der Waals surface area contributed by atoms with Gasteiger partial charge in [0.2, 0.25) is 5.96 Å². The first-order chi connectivity index (χ1) is 14.4. The number of nitrogens with one attached hydrogen (secondary N) is 1. The molecule has 1 aromatic heterocycles. The highest BCUT2D eigenvalue weighted by Crippen LogP contribution is 2.19. The first kappa shape index (κ1) is 23.6. The van der Waals surface area contributed by atoms with Gasteiger partial charge in [-0.2, -0.15) is 0 Å². The van der Waals surface area contributed by atoms with E-state index in [-0.39, 0.29) is 5.76 Å². The molecule has 1 aromatic rings. The molecule has 1 aliphatic rings. The quantitative estimate of drug-likeness (QED) is 0.115. The van der Waals surface area contributed by atoms with E-state index in [0.29, 0.717) is 16.9 Å². The zero-order chi connectivity index (χ0) is 21.9. The molecule has 162 valence electrons. The van der Waals surface area contributed by atoms with Gasteiger partial charge in [0.1, 0.15) is 11.6 Å². The third-order valence-corrected chi connectivity index (χ3v) is 5.00. The number of piperazine rings is 1. The van der Waals surface area contributed by atoms with Crippen molar-refractivity contribution in [3.63, 3.8) is 0 Å². The van der Waals surface area contributed by atoms with Gasteiger partial charge in [0, 0.05) is 49.7 Å². The van der Waals surface area contributed by atoms with Crippen molar-refractivity contribution in [3.05, 3.63) is 47.9 Å². The lowest BCUT2D eigenvalue weighted by atomic mass is 10.3. The number of aromatic nitrogens is 2. The van der Waals surface area contributed by atoms with Crippen molar-refractivity contribution in [1.82, 2.24) is 19.8 Å². The summed E-state index contributed by atoms with van der Waals surface area (Å²) in [5.41, 5.74) is 0.785. The van der Waals surface area contributed by atoms with E-state index in [9.17, 15) is 10.2 Å². The monoisotopic (exact) mass is 431 g/mol. The van der Waals surface area contributed by atoms with Crippen LogP contribution in [0.5, 0.6) is 0 Å². The number of thioether (sulfide) groups is 1. The summed E-state index contributed by atoms with van der Waals surface area (Å²) < 4.78 is 0. The molecule has 0 aliphatic carbocycles. The molecule has 1 atom stereocenters. The van der Waals surface area contributed by atoms with Crippen LogP contribution in [0.3, 0.4) is 0 Å². The maximum atomic E-state index is 9.91. The minimum Gasteiger partial charge on any atom is -0.508 e. The van der Waals surface area contributed by atoms with Crippen molar-refractivity contribution in [2.24, 2.45) is 9.98 Å². The van der Waals surface area contributed by atoms with E-state index in [1.807, 2.05) is 19.3 Å². The molecule has 1 fully saturated rings. The molecule has 1 aliphatic heterocycles. The van der Waals surface area contributed by atoms with E-state index in [0.717, 1.165) is 31.9 Å². The summed E-state index contributed by atoms with van der Waals surface area (Å²) in [5, 5.41) is 24.6. The fraction of sp³-hybridized carbons (Fsp3) is 0.400. The summed E-state index contributed by atoms with van der Waals surface area (Å²) in [6.07, 6.45) is 4.72. The smallest absolute Gasteiger partial charge is 0.225 e. The summed E-state index contributed by atoms with van der Waals surface area (Å²) in [6.45, 7) is 11.0. The molecule has 2 heterocycles. The highest BCUT2D eigenvalue weighted by molar-refractivity contribution is 8.02. The Morgan fingerprint density at radius 3 is 2.77 bits per heavy atom. The Bertz CT molecular complexity index is 830. The van der Waals surface area contributed by atoms with Crippen LogP contribution in [0, 0.1) is 0 Å². The van der Waals surface area contributed by atoms with E-state index < -0.39 is 6.23 Å². The van der Waals surface area contributed by atoms with Crippen LogP contribution in [0.4, 0.5) is 5.82 Å². The van der Waals surface area contributed by atoms with Crippen LogP contribution in [0.2, 0.25) is 0 Å². The number of guanidine groups is 1. The highest BCUT2D eigenvalue weighted by atomic mass is 32.2. The third-order valence-electron chi connectivity index (χ3n) is 4.13. The average Bonchev–Trinajstić information content (AvgIpc) is 2.73. The van der Waals surface area contributed by atoms with Crippen LogP contribution < -0.4 is 5.32 Å². The van der Waals surface area contributed by atoms with Gasteiger partial charge in [-0.15, -0.1) is 0 Å². The highest BCUT2D eigenvalue weighted by Gasteiger charge is 2.17. The van der Waals surface area contributed by atoms with Gasteiger partial charge in [0.15, 0.2) is 11.4 Å². The van der Waals surface area contributed by atoms with Gasteiger partial charge in [0.25, 0.3) is 0 Å². The number of likely N-dealkylation sites (N-methyl/N-ethyl adjacent to an activating group) is 1.